The number of amides is 1. The molecule has 0 radical (unpaired) electrons. The van der Waals surface area contributed by atoms with Gasteiger partial charge in [0.2, 0.25) is 15.9 Å². The number of rotatable bonds is 10. The molecule has 4 rings (SSSR count). The first-order valence-corrected chi connectivity index (χ1v) is 13.9. The van der Waals surface area contributed by atoms with Crippen LogP contribution in [-0.2, 0) is 21.2 Å². The van der Waals surface area contributed by atoms with Gasteiger partial charge >= 0.3 is 0 Å². The summed E-state index contributed by atoms with van der Waals surface area (Å²) in [7, 11) is 3.39. The Kier molecular flexibility index (Phi) is 8.14. The standard InChI is InChI=1S/C28H35N5O3S/c1-31(2)25-9-5-8-24-23(25)7-6-10-26(24)37(35,36)33(4)20-16-27(34)32(3)19-15-21-11-13-22(14-12-21)28-29-17-18-30-28/h5-14H,15-20H2,1-4H3,(H,29,30). The number of nitrogens with one attached hydrogen (secondary N) is 1. The summed E-state index contributed by atoms with van der Waals surface area (Å²) in [5.74, 6) is 0.843. The van der Waals surface area contributed by atoms with Crippen molar-refractivity contribution in [2.45, 2.75) is 17.7 Å². The van der Waals surface area contributed by atoms with Crippen LogP contribution in [-0.4, -0.2) is 83.7 Å². The van der Waals surface area contributed by atoms with Crippen molar-refractivity contribution < 1.29 is 13.2 Å². The Morgan fingerprint density at radius 1 is 0.919 bits per heavy atom. The van der Waals surface area contributed by atoms with Gasteiger partial charge in [-0.1, -0.05) is 48.5 Å². The van der Waals surface area contributed by atoms with Gasteiger partial charge in [0.05, 0.1) is 11.4 Å². The number of amidine groups is 1. The highest BCUT2D eigenvalue weighted by Gasteiger charge is 2.24. The molecule has 3 aromatic rings. The smallest absolute Gasteiger partial charge is 0.243 e. The van der Waals surface area contributed by atoms with Gasteiger partial charge in [0.15, 0.2) is 0 Å². The third kappa shape index (κ3) is 5.94. The zero-order valence-electron chi connectivity index (χ0n) is 21.9. The largest absolute Gasteiger partial charge is 0.377 e. The van der Waals surface area contributed by atoms with Crippen LogP contribution in [0.4, 0.5) is 5.69 Å². The molecule has 0 unspecified atom stereocenters. The fourth-order valence-corrected chi connectivity index (χ4v) is 5.83. The molecule has 0 aromatic heterocycles. The molecular weight excluding hydrogens is 486 g/mol. The first-order valence-electron chi connectivity index (χ1n) is 12.5. The van der Waals surface area contributed by atoms with E-state index in [4.69, 9.17) is 0 Å². The summed E-state index contributed by atoms with van der Waals surface area (Å²) in [5.41, 5.74) is 3.15. The number of sulfonamides is 1. The molecule has 1 heterocycles. The number of carbonyl (C=O) groups is 1. The normalized spacial score (nSPS) is 13.5. The summed E-state index contributed by atoms with van der Waals surface area (Å²) in [6.45, 7) is 2.35. The van der Waals surface area contributed by atoms with E-state index in [9.17, 15) is 13.2 Å². The Bertz CT molecular complexity index is 1400. The van der Waals surface area contributed by atoms with Gasteiger partial charge in [0.1, 0.15) is 5.84 Å². The Balaban J connectivity index is 1.35. The van der Waals surface area contributed by atoms with E-state index in [1.54, 1.807) is 24.1 Å². The van der Waals surface area contributed by atoms with E-state index >= 15 is 0 Å². The number of likely N-dealkylation sites (N-methyl/N-ethyl adjacent to an activating group) is 1. The van der Waals surface area contributed by atoms with Crippen molar-refractivity contribution in [3.05, 3.63) is 71.8 Å². The van der Waals surface area contributed by atoms with Crippen molar-refractivity contribution in [3.63, 3.8) is 0 Å². The maximum atomic E-state index is 13.4. The lowest BCUT2D eigenvalue weighted by atomic mass is 10.1. The minimum absolute atomic E-state index is 0.0870. The molecular formula is C28H35N5O3S. The lowest BCUT2D eigenvalue weighted by Crippen LogP contribution is -2.34. The van der Waals surface area contributed by atoms with Crippen LogP contribution in [0.25, 0.3) is 10.8 Å². The maximum absolute atomic E-state index is 13.4. The number of benzene rings is 3. The van der Waals surface area contributed by atoms with E-state index in [0.717, 1.165) is 47.5 Å². The van der Waals surface area contributed by atoms with Crippen molar-refractivity contribution in [2.24, 2.45) is 4.99 Å². The second-order valence-corrected chi connectivity index (χ2v) is 11.5. The number of anilines is 1. The Morgan fingerprint density at radius 3 is 2.30 bits per heavy atom. The van der Waals surface area contributed by atoms with E-state index < -0.39 is 10.0 Å². The van der Waals surface area contributed by atoms with Crippen molar-refractivity contribution in [1.82, 2.24) is 14.5 Å². The number of fused-ring (bicyclic) bond motifs is 1. The van der Waals surface area contributed by atoms with E-state index in [1.807, 2.05) is 55.4 Å². The van der Waals surface area contributed by atoms with Crippen molar-refractivity contribution in [3.8, 4) is 0 Å². The van der Waals surface area contributed by atoms with Crippen LogP contribution < -0.4 is 10.2 Å². The fraction of sp³-hybridized carbons (Fsp3) is 0.357. The average molecular weight is 522 g/mol. The molecule has 0 fully saturated rings. The van der Waals surface area contributed by atoms with Crippen LogP contribution in [0.2, 0.25) is 0 Å². The van der Waals surface area contributed by atoms with Crippen LogP contribution in [0, 0.1) is 0 Å². The van der Waals surface area contributed by atoms with Crippen molar-refractivity contribution in [1.29, 1.82) is 0 Å². The molecule has 1 aliphatic heterocycles. The van der Waals surface area contributed by atoms with Gasteiger partial charge < -0.3 is 15.1 Å². The van der Waals surface area contributed by atoms with Gasteiger partial charge in [-0.2, -0.15) is 0 Å². The first kappa shape index (κ1) is 26.6. The van der Waals surface area contributed by atoms with Crippen molar-refractivity contribution in [2.75, 3.05) is 59.3 Å². The quantitative estimate of drug-likeness (QED) is 0.444. The van der Waals surface area contributed by atoms with Gasteiger partial charge in [-0.05, 0) is 24.1 Å². The first-order chi connectivity index (χ1) is 17.7. The zero-order valence-corrected chi connectivity index (χ0v) is 22.8. The number of hydrogen-bond donors (Lipinski definition) is 1. The molecule has 8 nitrogen and oxygen atoms in total. The third-order valence-electron chi connectivity index (χ3n) is 6.73. The minimum atomic E-state index is -3.77. The second kappa shape index (κ2) is 11.3. The van der Waals surface area contributed by atoms with E-state index in [1.165, 1.54) is 11.4 Å². The van der Waals surface area contributed by atoms with Crippen LogP contribution >= 0.6 is 0 Å². The molecule has 0 saturated carbocycles. The minimum Gasteiger partial charge on any atom is -0.377 e. The molecule has 0 spiro atoms. The predicted molar refractivity (Wildman–Crippen MR) is 150 cm³/mol. The Labute approximate surface area is 219 Å². The highest BCUT2D eigenvalue weighted by molar-refractivity contribution is 7.89. The summed E-state index contributed by atoms with van der Waals surface area (Å²) >= 11 is 0. The van der Waals surface area contributed by atoms with Gasteiger partial charge in [-0.15, -0.1) is 0 Å². The highest BCUT2D eigenvalue weighted by Crippen LogP contribution is 2.31. The van der Waals surface area contributed by atoms with Crippen LogP contribution in [0.1, 0.15) is 17.5 Å². The molecule has 9 heteroatoms. The summed E-state index contributed by atoms with van der Waals surface area (Å²) in [4.78, 5) is 21.1. The molecule has 0 bridgehead atoms. The third-order valence-corrected chi connectivity index (χ3v) is 8.65. The van der Waals surface area contributed by atoms with Gasteiger partial charge in [0.25, 0.3) is 0 Å². The molecule has 0 atom stereocenters. The van der Waals surface area contributed by atoms with E-state index in [0.29, 0.717) is 11.9 Å². The molecule has 3 aromatic carbocycles. The topological polar surface area (TPSA) is 85.3 Å². The number of aliphatic imine (C=N–C) groups is 1. The van der Waals surface area contributed by atoms with Gasteiger partial charge in [-0.25, -0.2) is 12.7 Å². The van der Waals surface area contributed by atoms with E-state index in [-0.39, 0.29) is 23.8 Å². The molecule has 0 aliphatic carbocycles. The maximum Gasteiger partial charge on any atom is 0.243 e. The van der Waals surface area contributed by atoms with Crippen LogP contribution in [0.15, 0.2) is 70.6 Å². The zero-order chi connectivity index (χ0) is 26.6. The molecule has 0 saturated heterocycles. The van der Waals surface area contributed by atoms with Gasteiger partial charge in [0, 0.05) is 76.3 Å². The highest BCUT2D eigenvalue weighted by atomic mass is 32.2. The van der Waals surface area contributed by atoms with Crippen LogP contribution in [0.3, 0.4) is 0 Å². The molecule has 1 aliphatic rings. The number of hydrogen-bond acceptors (Lipinski definition) is 6. The predicted octanol–water partition coefficient (Wildman–Crippen LogP) is 2.97. The number of carbonyl (C=O) groups excluding carboxylic acids is 1. The average Bonchev–Trinajstić information content (AvgIpc) is 3.44. The molecule has 37 heavy (non-hydrogen) atoms. The summed E-state index contributed by atoms with van der Waals surface area (Å²) < 4.78 is 28.1. The monoisotopic (exact) mass is 521 g/mol. The summed E-state index contributed by atoms with van der Waals surface area (Å²) in [6.07, 6.45) is 0.838. The second-order valence-electron chi connectivity index (χ2n) is 9.52. The SMILES string of the molecule is CN(CCc1ccc(C2=NCCN2)cc1)C(=O)CCN(C)S(=O)(=O)c1cccc2c(N(C)C)cccc12. The number of nitrogens with zero attached hydrogens (tertiary/aromatic N) is 4. The lowest BCUT2D eigenvalue weighted by Gasteiger charge is -2.22. The van der Waals surface area contributed by atoms with Gasteiger partial charge in [-0.3, -0.25) is 9.79 Å². The molecule has 196 valence electrons. The lowest BCUT2D eigenvalue weighted by molar-refractivity contribution is -0.129. The summed E-state index contributed by atoms with van der Waals surface area (Å²) in [6, 6.07) is 19.2. The fourth-order valence-electron chi connectivity index (χ4n) is 4.45. The Hall–Kier alpha value is -3.43. The summed E-state index contributed by atoms with van der Waals surface area (Å²) in [5, 5.41) is 4.81. The van der Waals surface area contributed by atoms with E-state index in [2.05, 4.69) is 22.4 Å². The molecule has 1 N–H and O–H groups in total. The molecule has 1 amide bonds. The Morgan fingerprint density at radius 2 is 1.62 bits per heavy atom. The van der Waals surface area contributed by atoms with Crippen molar-refractivity contribution >= 4 is 38.2 Å². The van der Waals surface area contributed by atoms with Crippen LogP contribution in [0.5, 0.6) is 0 Å².